The van der Waals surface area contributed by atoms with Gasteiger partial charge in [-0.3, -0.25) is 9.59 Å². The molecule has 0 N–H and O–H groups in total. The molecule has 0 saturated heterocycles. The van der Waals surface area contributed by atoms with Crippen molar-refractivity contribution in [2.24, 2.45) is 0 Å². The molecule has 0 atom stereocenters. The van der Waals surface area contributed by atoms with Gasteiger partial charge in [-0.15, -0.1) is 0 Å². The number of rotatable bonds is 3. The average molecular weight is 814 g/mol. The molecule has 12 rings (SSSR count). The van der Waals surface area contributed by atoms with Crippen molar-refractivity contribution in [2.75, 3.05) is 21.7 Å². The molecule has 4 aliphatic rings. The van der Waals surface area contributed by atoms with Crippen LogP contribution in [0.2, 0.25) is 0 Å². The van der Waals surface area contributed by atoms with Gasteiger partial charge in [-0.25, -0.2) is 0 Å². The Labute approximate surface area is 354 Å². The van der Waals surface area contributed by atoms with E-state index in [9.17, 15) is 9.59 Å². The molecule has 59 heavy (non-hydrogen) atoms. The lowest BCUT2D eigenvalue weighted by molar-refractivity contribution is 0.0979. The topological polar surface area (TPSA) is 43.9 Å². The highest BCUT2D eigenvalue weighted by atomic mass is 32.2. The molecule has 8 heteroatoms. The van der Waals surface area contributed by atoms with Gasteiger partial charge in [0.25, 0.3) is 0 Å². The summed E-state index contributed by atoms with van der Waals surface area (Å²) in [6, 6.07) is 58.7. The molecule has 5 nitrogen and oxygen atoms in total. The van der Waals surface area contributed by atoms with Crippen molar-refractivity contribution in [3.8, 4) is 11.1 Å². The Morgan fingerprint density at radius 3 is 1.34 bits per heavy atom. The van der Waals surface area contributed by atoms with Crippen LogP contribution in [0.25, 0.3) is 11.1 Å². The standard InChI is InChI=1S/C51H31N3O2S3/c1-52-38-23-20-32(53-40-12-4-7-15-44(40)57-45-16-8-5-13-41(45)53)28-48(38)59-49-29-33(21-24-39(49)52)54-42-14-6-9-17-46(42)58-47-25-19-31(27-43(47)54)30-18-22-36-37(26-30)51(56)35-11-3-2-10-34(35)50(36)55/h2-29H,1H3. The highest BCUT2D eigenvalue weighted by molar-refractivity contribution is 8.00. The largest absolute Gasteiger partial charge is 0.343 e. The second-order valence-corrected chi connectivity index (χ2v) is 18.1. The van der Waals surface area contributed by atoms with Crippen LogP contribution in [0.5, 0.6) is 0 Å². The van der Waals surface area contributed by atoms with E-state index in [1.54, 1.807) is 30.0 Å². The van der Waals surface area contributed by atoms with Crippen LogP contribution in [-0.2, 0) is 0 Å². The van der Waals surface area contributed by atoms with Gasteiger partial charge in [-0.1, -0.05) is 108 Å². The van der Waals surface area contributed by atoms with Crippen molar-refractivity contribution in [1.82, 2.24) is 0 Å². The van der Waals surface area contributed by atoms with E-state index in [4.69, 9.17) is 0 Å². The van der Waals surface area contributed by atoms with Crippen molar-refractivity contribution in [3.05, 3.63) is 192 Å². The van der Waals surface area contributed by atoms with Gasteiger partial charge in [0.2, 0.25) is 0 Å². The van der Waals surface area contributed by atoms with Gasteiger partial charge in [-0.05, 0) is 108 Å². The molecule has 0 bridgehead atoms. The number of benzene rings is 8. The maximum absolute atomic E-state index is 13.7. The molecular weight excluding hydrogens is 783 g/mol. The van der Waals surface area contributed by atoms with Crippen LogP contribution in [0.4, 0.5) is 45.5 Å². The molecule has 0 aromatic heterocycles. The second-order valence-electron chi connectivity index (χ2n) is 14.9. The van der Waals surface area contributed by atoms with Gasteiger partial charge < -0.3 is 14.7 Å². The van der Waals surface area contributed by atoms with E-state index in [0.29, 0.717) is 22.3 Å². The summed E-state index contributed by atoms with van der Waals surface area (Å²) in [5.41, 5.74) is 12.8. The van der Waals surface area contributed by atoms with Crippen molar-refractivity contribution < 1.29 is 9.59 Å². The van der Waals surface area contributed by atoms with Crippen LogP contribution in [-0.4, -0.2) is 18.6 Å². The Kier molecular flexibility index (Phi) is 7.79. The second kappa shape index (κ2) is 13.3. The van der Waals surface area contributed by atoms with Crippen LogP contribution >= 0.6 is 35.3 Å². The number of fused-ring (bicyclic) bond motifs is 8. The molecule has 8 aromatic carbocycles. The van der Waals surface area contributed by atoms with Crippen molar-refractivity contribution in [3.63, 3.8) is 0 Å². The Morgan fingerprint density at radius 1 is 0.339 bits per heavy atom. The van der Waals surface area contributed by atoms with E-state index in [0.717, 1.165) is 44.5 Å². The van der Waals surface area contributed by atoms with Gasteiger partial charge in [0, 0.05) is 70.0 Å². The number of nitrogens with zero attached hydrogens (tertiary/aromatic N) is 3. The van der Waals surface area contributed by atoms with Crippen LogP contribution < -0.4 is 14.7 Å². The SMILES string of the molecule is CN1c2ccc(N3c4ccccc4Sc4ccccc43)cc2Sc2cc(N3c4ccccc4Sc4ccc(-c5ccc6c(c5)C(=O)c5ccccc5C6=O)cc43)ccc21. The van der Waals surface area contributed by atoms with Gasteiger partial charge in [0.1, 0.15) is 0 Å². The highest BCUT2D eigenvalue weighted by Gasteiger charge is 2.32. The summed E-state index contributed by atoms with van der Waals surface area (Å²) in [4.78, 5) is 41.3. The third kappa shape index (κ3) is 5.37. The van der Waals surface area contributed by atoms with E-state index >= 15 is 0 Å². The molecule has 3 aliphatic heterocycles. The molecule has 1 aliphatic carbocycles. The summed E-state index contributed by atoms with van der Waals surface area (Å²) < 4.78 is 0. The number of anilines is 8. The van der Waals surface area contributed by atoms with Crippen LogP contribution in [0.1, 0.15) is 31.8 Å². The van der Waals surface area contributed by atoms with E-state index in [1.165, 1.54) is 41.5 Å². The predicted molar refractivity (Wildman–Crippen MR) is 241 cm³/mol. The first kappa shape index (κ1) is 34.6. The zero-order valence-electron chi connectivity index (χ0n) is 31.5. The van der Waals surface area contributed by atoms with E-state index < -0.39 is 0 Å². The predicted octanol–water partition coefficient (Wildman–Crippen LogP) is 14.2. The minimum atomic E-state index is -0.115. The fraction of sp³-hybridized carbons (Fsp3) is 0.0196. The number of ketones is 2. The Bertz CT molecular complexity index is 3100. The fourth-order valence-electron chi connectivity index (χ4n) is 8.72. The third-order valence-electron chi connectivity index (χ3n) is 11.6. The summed E-state index contributed by atoms with van der Waals surface area (Å²) in [5, 5.41) is 0. The zero-order chi connectivity index (χ0) is 39.4. The molecule has 3 heterocycles. The maximum Gasteiger partial charge on any atom is 0.194 e. The normalized spacial score (nSPS) is 14.3. The first-order valence-electron chi connectivity index (χ1n) is 19.4. The average Bonchev–Trinajstić information content (AvgIpc) is 3.28. The van der Waals surface area contributed by atoms with E-state index in [2.05, 4.69) is 149 Å². The molecule has 0 fully saturated rings. The van der Waals surface area contributed by atoms with E-state index in [1.807, 2.05) is 47.8 Å². The first-order chi connectivity index (χ1) is 29.0. The summed E-state index contributed by atoms with van der Waals surface area (Å²) in [6.45, 7) is 0. The van der Waals surface area contributed by atoms with Crippen molar-refractivity contribution in [2.45, 2.75) is 29.4 Å². The summed E-state index contributed by atoms with van der Waals surface area (Å²) >= 11 is 5.40. The summed E-state index contributed by atoms with van der Waals surface area (Å²) in [5.74, 6) is -0.224. The fourth-order valence-corrected chi connectivity index (χ4v) is 12.0. The molecule has 280 valence electrons. The molecule has 0 spiro atoms. The summed E-state index contributed by atoms with van der Waals surface area (Å²) in [6.07, 6.45) is 0. The quantitative estimate of drug-likeness (QED) is 0.175. The molecule has 8 aromatic rings. The Morgan fingerprint density at radius 2 is 0.763 bits per heavy atom. The van der Waals surface area contributed by atoms with E-state index in [-0.39, 0.29) is 11.6 Å². The number of carbonyl (C=O) groups is 2. The number of para-hydroxylation sites is 3. The monoisotopic (exact) mass is 813 g/mol. The smallest absolute Gasteiger partial charge is 0.194 e. The van der Waals surface area contributed by atoms with Crippen molar-refractivity contribution in [1.29, 1.82) is 0 Å². The van der Waals surface area contributed by atoms with Gasteiger partial charge in [-0.2, -0.15) is 0 Å². The third-order valence-corrected chi connectivity index (χ3v) is 14.9. The minimum Gasteiger partial charge on any atom is -0.343 e. The molecule has 0 amide bonds. The first-order valence-corrected chi connectivity index (χ1v) is 21.8. The van der Waals surface area contributed by atoms with Gasteiger partial charge >= 0.3 is 0 Å². The lowest BCUT2D eigenvalue weighted by Crippen LogP contribution is -2.20. The lowest BCUT2D eigenvalue weighted by Gasteiger charge is -2.36. The van der Waals surface area contributed by atoms with Crippen LogP contribution in [0.15, 0.2) is 199 Å². The molecule has 0 saturated carbocycles. The van der Waals surface area contributed by atoms with Gasteiger partial charge in [0.15, 0.2) is 11.6 Å². The Balaban J connectivity index is 0.936. The highest BCUT2D eigenvalue weighted by Crippen LogP contribution is 2.57. The summed E-state index contributed by atoms with van der Waals surface area (Å²) in [7, 11) is 2.16. The van der Waals surface area contributed by atoms with Gasteiger partial charge in [0.05, 0.1) is 34.1 Å². The molecule has 0 unspecified atom stereocenters. The molecule has 0 radical (unpaired) electrons. The molecular formula is C51H31N3O2S3. The number of hydrogen-bond donors (Lipinski definition) is 0. The maximum atomic E-state index is 13.7. The minimum absolute atomic E-state index is 0.109. The van der Waals surface area contributed by atoms with Crippen molar-refractivity contribution >= 4 is 92.4 Å². The van der Waals surface area contributed by atoms with Crippen LogP contribution in [0, 0.1) is 0 Å². The Hall–Kier alpha value is -6.45. The number of carbonyl (C=O) groups excluding carboxylic acids is 2. The lowest BCUT2D eigenvalue weighted by atomic mass is 9.83. The zero-order valence-corrected chi connectivity index (χ0v) is 34.0. The number of hydrogen-bond acceptors (Lipinski definition) is 8. The van der Waals surface area contributed by atoms with Crippen LogP contribution in [0.3, 0.4) is 0 Å².